The molecule has 0 amide bonds. The van der Waals surface area contributed by atoms with Gasteiger partial charge in [0, 0.05) is 5.54 Å². The van der Waals surface area contributed by atoms with Gasteiger partial charge in [0.25, 0.3) is 0 Å². The minimum atomic E-state index is 0.151. The second-order valence-electron chi connectivity index (χ2n) is 7.42. The molecule has 1 aliphatic rings. The molecule has 2 N–H and O–H groups in total. The lowest BCUT2D eigenvalue weighted by atomic mass is 9.79. The van der Waals surface area contributed by atoms with Gasteiger partial charge >= 0.3 is 0 Å². The van der Waals surface area contributed by atoms with Gasteiger partial charge in [-0.1, -0.05) is 66.2 Å². The van der Waals surface area contributed by atoms with Crippen LogP contribution in [0.15, 0.2) is 0 Å². The molecule has 1 heteroatoms. The minimum absolute atomic E-state index is 0.151. The molecular weight excluding hydrogens is 230 g/mol. The molecule has 1 fully saturated rings. The Balaban J connectivity index is 2.50. The summed E-state index contributed by atoms with van der Waals surface area (Å²) in [6.45, 7) is 9.40. The van der Waals surface area contributed by atoms with Crippen molar-refractivity contribution in [3.63, 3.8) is 0 Å². The van der Waals surface area contributed by atoms with Crippen LogP contribution in [0.25, 0.3) is 0 Å². The first kappa shape index (κ1) is 17.0. The molecule has 0 heterocycles. The van der Waals surface area contributed by atoms with E-state index in [-0.39, 0.29) is 5.54 Å². The minimum Gasteiger partial charge on any atom is -0.325 e. The zero-order chi connectivity index (χ0) is 14.3. The molecule has 0 spiro atoms. The molecule has 1 rings (SSSR count). The Bertz CT molecular complexity index is 236. The smallest absolute Gasteiger partial charge is 0.0157 e. The Morgan fingerprint density at radius 1 is 1.16 bits per heavy atom. The molecule has 1 saturated carbocycles. The Kier molecular flexibility index (Phi) is 7.42. The van der Waals surface area contributed by atoms with Gasteiger partial charge < -0.3 is 5.73 Å². The van der Waals surface area contributed by atoms with E-state index in [1.54, 1.807) is 0 Å². The monoisotopic (exact) mass is 267 g/mol. The number of hydrogen-bond acceptors (Lipinski definition) is 1. The van der Waals surface area contributed by atoms with E-state index in [1.807, 2.05) is 0 Å². The van der Waals surface area contributed by atoms with E-state index in [4.69, 9.17) is 5.73 Å². The van der Waals surface area contributed by atoms with Crippen molar-refractivity contribution in [3.05, 3.63) is 0 Å². The fraction of sp³-hybridized carbons (Fsp3) is 1.00. The largest absolute Gasteiger partial charge is 0.325 e. The summed E-state index contributed by atoms with van der Waals surface area (Å²) >= 11 is 0. The Morgan fingerprint density at radius 3 is 2.47 bits per heavy atom. The van der Waals surface area contributed by atoms with Gasteiger partial charge in [0.05, 0.1) is 0 Å². The highest BCUT2D eigenvalue weighted by atomic mass is 14.7. The van der Waals surface area contributed by atoms with Gasteiger partial charge in [-0.15, -0.1) is 0 Å². The lowest BCUT2D eigenvalue weighted by Gasteiger charge is -2.32. The molecule has 0 saturated heterocycles. The van der Waals surface area contributed by atoms with Gasteiger partial charge in [-0.3, -0.25) is 0 Å². The van der Waals surface area contributed by atoms with E-state index in [0.29, 0.717) is 0 Å². The fourth-order valence-corrected chi connectivity index (χ4v) is 3.85. The van der Waals surface area contributed by atoms with Gasteiger partial charge in [0.15, 0.2) is 0 Å². The Hall–Kier alpha value is -0.0400. The Labute approximate surface area is 121 Å². The normalized spacial score (nSPS) is 30.3. The molecule has 3 unspecified atom stereocenters. The summed E-state index contributed by atoms with van der Waals surface area (Å²) in [4.78, 5) is 0. The van der Waals surface area contributed by atoms with Crippen LogP contribution in [-0.4, -0.2) is 5.54 Å². The number of hydrogen-bond donors (Lipinski definition) is 1. The van der Waals surface area contributed by atoms with Gasteiger partial charge in [0.1, 0.15) is 0 Å². The van der Waals surface area contributed by atoms with Crippen molar-refractivity contribution in [1.29, 1.82) is 0 Å². The van der Waals surface area contributed by atoms with Crippen LogP contribution in [0.5, 0.6) is 0 Å². The van der Waals surface area contributed by atoms with E-state index in [1.165, 1.54) is 64.2 Å². The van der Waals surface area contributed by atoms with Crippen molar-refractivity contribution in [2.45, 2.75) is 97.4 Å². The van der Waals surface area contributed by atoms with Gasteiger partial charge in [-0.2, -0.15) is 0 Å². The standard InChI is InChI=1S/C18H37N/c1-5-7-9-16(6-2)14-18(19)12-8-10-17(11-13-18)15(3)4/h15-17H,5-14,19H2,1-4H3. The molecule has 0 aliphatic heterocycles. The molecule has 0 bridgehead atoms. The molecule has 1 nitrogen and oxygen atoms in total. The average molecular weight is 268 g/mol. The van der Waals surface area contributed by atoms with E-state index in [0.717, 1.165) is 17.8 Å². The summed E-state index contributed by atoms with van der Waals surface area (Å²) in [6.07, 6.45) is 13.3. The summed E-state index contributed by atoms with van der Waals surface area (Å²) in [5, 5.41) is 0. The second kappa shape index (κ2) is 8.29. The molecular formula is C18H37N. The maximum absolute atomic E-state index is 6.77. The molecule has 114 valence electrons. The maximum atomic E-state index is 6.77. The van der Waals surface area contributed by atoms with Crippen LogP contribution in [0, 0.1) is 17.8 Å². The Morgan fingerprint density at radius 2 is 1.89 bits per heavy atom. The third-order valence-corrected chi connectivity index (χ3v) is 5.44. The van der Waals surface area contributed by atoms with Crippen molar-refractivity contribution in [3.8, 4) is 0 Å². The van der Waals surface area contributed by atoms with Crippen molar-refractivity contribution >= 4 is 0 Å². The van der Waals surface area contributed by atoms with Crippen molar-refractivity contribution in [2.24, 2.45) is 23.5 Å². The third-order valence-electron chi connectivity index (χ3n) is 5.44. The van der Waals surface area contributed by atoms with Gasteiger partial charge in [0.2, 0.25) is 0 Å². The predicted molar refractivity (Wildman–Crippen MR) is 86.3 cm³/mol. The van der Waals surface area contributed by atoms with E-state index >= 15 is 0 Å². The average Bonchev–Trinajstić information content (AvgIpc) is 2.57. The predicted octanol–water partition coefficient (Wildman–Crippen LogP) is 5.53. The third kappa shape index (κ3) is 5.85. The van der Waals surface area contributed by atoms with Gasteiger partial charge in [-0.05, 0) is 43.4 Å². The number of rotatable bonds is 7. The van der Waals surface area contributed by atoms with Crippen LogP contribution in [-0.2, 0) is 0 Å². The quantitative estimate of drug-likeness (QED) is 0.603. The maximum Gasteiger partial charge on any atom is 0.0157 e. The summed E-state index contributed by atoms with van der Waals surface area (Å²) < 4.78 is 0. The lowest BCUT2D eigenvalue weighted by molar-refractivity contribution is 0.257. The zero-order valence-corrected chi connectivity index (χ0v) is 13.9. The van der Waals surface area contributed by atoms with Crippen LogP contribution in [0.4, 0.5) is 0 Å². The molecule has 0 aromatic rings. The molecule has 0 aromatic heterocycles. The van der Waals surface area contributed by atoms with Crippen LogP contribution in [0.1, 0.15) is 91.9 Å². The van der Waals surface area contributed by atoms with Gasteiger partial charge in [-0.25, -0.2) is 0 Å². The van der Waals surface area contributed by atoms with Crippen LogP contribution in [0.3, 0.4) is 0 Å². The first-order chi connectivity index (χ1) is 9.00. The zero-order valence-electron chi connectivity index (χ0n) is 13.9. The van der Waals surface area contributed by atoms with Crippen molar-refractivity contribution in [1.82, 2.24) is 0 Å². The van der Waals surface area contributed by atoms with Crippen molar-refractivity contribution < 1.29 is 0 Å². The van der Waals surface area contributed by atoms with Crippen LogP contribution < -0.4 is 5.73 Å². The molecule has 0 aromatic carbocycles. The molecule has 19 heavy (non-hydrogen) atoms. The summed E-state index contributed by atoms with van der Waals surface area (Å²) in [5.74, 6) is 2.62. The highest BCUT2D eigenvalue weighted by molar-refractivity contribution is 4.90. The van der Waals surface area contributed by atoms with E-state index in [9.17, 15) is 0 Å². The lowest BCUT2D eigenvalue weighted by Crippen LogP contribution is -2.41. The topological polar surface area (TPSA) is 26.0 Å². The summed E-state index contributed by atoms with van der Waals surface area (Å²) in [7, 11) is 0. The van der Waals surface area contributed by atoms with E-state index in [2.05, 4.69) is 27.7 Å². The molecule has 1 aliphatic carbocycles. The molecule has 3 atom stereocenters. The highest BCUT2D eigenvalue weighted by Crippen LogP contribution is 2.37. The first-order valence-corrected chi connectivity index (χ1v) is 8.79. The summed E-state index contributed by atoms with van der Waals surface area (Å²) in [6, 6.07) is 0. The number of nitrogens with two attached hydrogens (primary N) is 1. The van der Waals surface area contributed by atoms with Crippen molar-refractivity contribution in [2.75, 3.05) is 0 Å². The second-order valence-corrected chi connectivity index (χ2v) is 7.42. The fourth-order valence-electron chi connectivity index (χ4n) is 3.85. The molecule has 0 radical (unpaired) electrons. The highest BCUT2D eigenvalue weighted by Gasteiger charge is 2.31. The van der Waals surface area contributed by atoms with E-state index < -0.39 is 0 Å². The SMILES string of the molecule is CCCCC(CC)CC1(N)CCCC(C(C)C)CC1. The summed E-state index contributed by atoms with van der Waals surface area (Å²) in [5.41, 5.74) is 6.92. The number of unbranched alkanes of at least 4 members (excludes halogenated alkanes) is 1. The van der Waals surface area contributed by atoms with Crippen LogP contribution >= 0.6 is 0 Å². The first-order valence-electron chi connectivity index (χ1n) is 8.79. The van der Waals surface area contributed by atoms with Crippen LogP contribution in [0.2, 0.25) is 0 Å².